The molecule has 3 aliphatic heterocycles. The smallest absolute Gasteiger partial charge is 0.327 e. The molecule has 1 aromatic carbocycles. The van der Waals surface area contributed by atoms with Gasteiger partial charge in [0.15, 0.2) is 5.82 Å². The number of thioether (sulfide) groups is 1. The number of rotatable bonds is 4. The molecule has 2 aromatic rings. The van der Waals surface area contributed by atoms with Crippen LogP contribution in [-0.4, -0.2) is 52.2 Å². The molecule has 5 N–H and O–H groups in total. The molecule has 176 valence electrons. The first-order valence-electron chi connectivity index (χ1n) is 11.8. The maximum Gasteiger partial charge on any atom is 0.327 e. The van der Waals surface area contributed by atoms with Crippen molar-refractivity contribution in [2.24, 2.45) is 11.7 Å². The van der Waals surface area contributed by atoms with E-state index in [-0.39, 0.29) is 41.4 Å². The summed E-state index contributed by atoms with van der Waals surface area (Å²) in [5.41, 5.74) is 8.79. The second-order valence-electron chi connectivity index (χ2n) is 9.26. The van der Waals surface area contributed by atoms with Crippen LogP contribution in [0.4, 0.5) is 10.6 Å². The number of hydrogen-bond donors (Lipinski definition) is 4. The summed E-state index contributed by atoms with van der Waals surface area (Å²) in [6.45, 7) is 0.754. The van der Waals surface area contributed by atoms with Gasteiger partial charge in [0.1, 0.15) is 0 Å². The average molecular weight is 478 g/mol. The number of urea groups is 1. The van der Waals surface area contributed by atoms with Crippen molar-refractivity contribution in [3.63, 3.8) is 0 Å². The van der Waals surface area contributed by atoms with Crippen LogP contribution in [0.25, 0.3) is 11.1 Å². The van der Waals surface area contributed by atoms with Gasteiger partial charge in [-0.25, -0.2) is 4.79 Å². The minimum absolute atomic E-state index is 0.0130. The summed E-state index contributed by atoms with van der Waals surface area (Å²) in [6.07, 6.45) is 5.31. The van der Waals surface area contributed by atoms with Crippen molar-refractivity contribution in [2.45, 2.75) is 49.2 Å². The van der Waals surface area contributed by atoms with E-state index in [2.05, 4.69) is 26.1 Å². The van der Waals surface area contributed by atoms with E-state index >= 15 is 0 Å². The monoisotopic (exact) mass is 477 g/mol. The zero-order chi connectivity index (χ0) is 23.2. The van der Waals surface area contributed by atoms with E-state index in [1.807, 2.05) is 36.4 Å². The van der Waals surface area contributed by atoms with Crippen molar-refractivity contribution in [3.05, 3.63) is 53.2 Å². The highest BCUT2D eigenvalue weighted by molar-refractivity contribution is 8.04. The van der Waals surface area contributed by atoms with Crippen molar-refractivity contribution in [2.75, 3.05) is 11.4 Å². The Morgan fingerprint density at radius 3 is 2.82 bits per heavy atom. The highest BCUT2D eigenvalue weighted by atomic mass is 32.2. The Morgan fingerprint density at radius 1 is 1.18 bits per heavy atom. The summed E-state index contributed by atoms with van der Waals surface area (Å²) in [6, 6.07) is 11.4. The summed E-state index contributed by atoms with van der Waals surface area (Å²) in [7, 11) is 0. The first-order valence-corrected chi connectivity index (χ1v) is 12.7. The summed E-state index contributed by atoms with van der Waals surface area (Å²) in [4.78, 5) is 28.9. The van der Waals surface area contributed by atoms with Crippen molar-refractivity contribution in [3.8, 4) is 11.1 Å². The van der Waals surface area contributed by atoms with Crippen LogP contribution < -0.4 is 26.6 Å². The zero-order valence-corrected chi connectivity index (χ0v) is 19.4. The SMILES string of the molecule is N[C@H]1CCC[C@H]1NC(=O)C1=C2NC(=O)N(c3cc(-c4ccccc4)cnn3)C3CCNC(S1)C23. The molecule has 6 rings (SSSR count). The van der Waals surface area contributed by atoms with E-state index in [1.54, 1.807) is 11.1 Å². The van der Waals surface area contributed by atoms with Gasteiger partial charge in [-0.2, -0.15) is 5.10 Å². The van der Waals surface area contributed by atoms with Crippen LogP contribution in [-0.2, 0) is 4.79 Å². The Hall–Kier alpha value is -2.95. The number of nitrogens with zero attached hydrogens (tertiary/aromatic N) is 3. The molecular formula is C24H27N7O2S. The van der Waals surface area contributed by atoms with Gasteiger partial charge < -0.3 is 21.7 Å². The van der Waals surface area contributed by atoms with Crippen LogP contribution in [0.3, 0.4) is 0 Å². The maximum atomic E-state index is 13.4. The normalized spacial score (nSPS) is 30.2. The average Bonchev–Trinajstić information content (AvgIpc) is 3.44. The fourth-order valence-electron chi connectivity index (χ4n) is 5.55. The predicted octanol–water partition coefficient (Wildman–Crippen LogP) is 1.93. The topological polar surface area (TPSA) is 125 Å². The fraction of sp³-hybridized carbons (Fsp3) is 0.417. The number of hydrogen-bond acceptors (Lipinski definition) is 7. The van der Waals surface area contributed by atoms with Gasteiger partial charge in [-0.15, -0.1) is 5.10 Å². The molecule has 4 aliphatic rings. The zero-order valence-electron chi connectivity index (χ0n) is 18.6. The standard InChI is InChI=1S/C24H27N7O2S/c25-15-7-4-8-16(15)28-22(32)21-20-19-17(9-10-26-23(19)34-21)31(24(33)29-20)18-11-14(12-27-30-18)13-5-2-1-3-6-13/h1-3,5-6,11-12,15-17,19,23,26H,4,7-10,25H2,(H,28,32)(H,29,33)/t15-,16+,17?,19?,23?/m0/s1. The molecule has 1 aromatic heterocycles. The third-order valence-electron chi connectivity index (χ3n) is 7.23. The number of anilines is 1. The Balaban J connectivity index is 1.31. The summed E-state index contributed by atoms with van der Waals surface area (Å²) >= 11 is 1.50. The number of aromatic nitrogens is 2. The van der Waals surface area contributed by atoms with Gasteiger partial charge in [0, 0.05) is 29.3 Å². The Kier molecular flexibility index (Phi) is 5.51. The second-order valence-corrected chi connectivity index (χ2v) is 10.4. The van der Waals surface area contributed by atoms with Crippen LogP contribution in [0, 0.1) is 5.92 Å². The van der Waals surface area contributed by atoms with E-state index in [9.17, 15) is 9.59 Å². The number of nitrogens with two attached hydrogens (primary N) is 1. The molecule has 10 heteroatoms. The van der Waals surface area contributed by atoms with Crippen molar-refractivity contribution in [1.82, 2.24) is 26.1 Å². The molecule has 3 unspecified atom stereocenters. The number of piperidine rings is 1. The molecule has 0 radical (unpaired) electrons. The molecule has 34 heavy (non-hydrogen) atoms. The van der Waals surface area contributed by atoms with Gasteiger partial charge in [-0.1, -0.05) is 42.1 Å². The highest BCUT2D eigenvalue weighted by Crippen LogP contribution is 2.47. The van der Waals surface area contributed by atoms with Crippen molar-refractivity contribution in [1.29, 1.82) is 0 Å². The lowest BCUT2D eigenvalue weighted by atomic mass is 9.86. The molecule has 1 aliphatic carbocycles. The summed E-state index contributed by atoms with van der Waals surface area (Å²) < 4.78 is 0. The Bertz CT molecular complexity index is 1160. The van der Waals surface area contributed by atoms with Crippen LogP contribution in [0.15, 0.2) is 53.2 Å². The molecule has 3 fully saturated rings. The number of nitrogens with one attached hydrogen (secondary N) is 3. The third kappa shape index (κ3) is 3.66. The van der Waals surface area contributed by atoms with Gasteiger partial charge in [-0.3, -0.25) is 9.69 Å². The third-order valence-corrected chi connectivity index (χ3v) is 8.58. The Labute approximate surface area is 201 Å². The largest absolute Gasteiger partial charge is 0.347 e. The predicted molar refractivity (Wildman–Crippen MR) is 131 cm³/mol. The van der Waals surface area contributed by atoms with E-state index in [1.165, 1.54) is 11.8 Å². The molecule has 0 bridgehead atoms. The highest BCUT2D eigenvalue weighted by Gasteiger charge is 2.52. The number of benzene rings is 1. The van der Waals surface area contributed by atoms with Gasteiger partial charge >= 0.3 is 6.03 Å². The van der Waals surface area contributed by atoms with Crippen LogP contribution in [0.5, 0.6) is 0 Å². The minimum Gasteiger partial charge on any atom is -0.347 e. The maximum absolute atomic E-state index is 13.4. The van der Waals surface area contributed by atoms with E-state index < -0.39 is 0 Å². The fourth-order valence-corrected chi connectivity index (χ4v) is 6.95. The number of carbonyl (C=O) groups excluding carboxylic acids is 2. The second kappa shape index (κ2) is 8.68. The number of amides is 3. The molecule has 2 saturated heterocycles. The molecule has 0 spiro atoms. The lowest BCUT2D eigenvalue weighted by Gasteiger charge is -2.45. The lowest BCUT2D eigenvalue weighted by molar-refractivity contribution is -0.117. The molecule has 4 heterocycles. The van der Waals surface area contributed by atoms with E-state index in [4.69, 9.17) is 5.73 Å². The molecule has 9 nitrogen and oxygen atoms in total. The molecule has 3 amide bonds. The van der Waals surface area contributed by atoms with Crippen molar-refractivity contribution >= 4 is 29.5 Å². The number of carbonyl (C=O) groups is 2. The van der Waals surface area contributed by atoms with E-state index in [0.717, 1.165) is 43.4 Å². The van der Waals surface area contributed by atoms with E-state index in [0.29, 0.717) is 16.4 Å². The Morgan fingerprint density at radius 2 is 2.03 bits per heavy atom. The van der Waals surface area contributed by atoms with Crippen LogP contribution in [0.2, 0.25) is 0 Å². The first kappa shape index (κ1) is 21.6. The minimum atomic E-state index is -0.276. The molecule has 1 saturated carbocycles. The summed E-state index contributed by atoms with van der Waals surface area (Å²) in [5.74, 6) is 0.344. The van der Waals surface area contributed by atoms with Crippen molar-refractivity contribution < 1.29 is 9.59 Å². The lowest BCUT2D eigenvalue weighted by Crippen LogP contribution is -2.62. The van der Waals surface area contributed by atoms with Crippen LogP contribution >= 0.6 is 11.8 Å². The molecule has 5 atom stereocenters. The van der Waals surface area contributed by atoms with Gasteiger partial charge in [0.05, 0.1) is 22.5 Å². The summed E-state index contributed by atoms with van der Waals surface area (Å²) in [5, 5.41) is 18.2. The molecular weight excluding hydrogens is 450 g/mol. The van der Waals surface area contributed by atoms with Crippen LogP contribution in [0.1, 0.15) is 25.7 Å². The van der Waals surface area contributed by atoms with Gasteiger partial charge in [0.2, 0.25) is 0 Å². The first-order chi connectivity index (χ1) is 16.6. The van der Waals surface area contributed by atoms with Gasteiger partial charge in [0.25, 0.3) is 5.91 Å². The van der Waals surface area contributed by atoms with Gasteiger partial charge in [-0.05, 0) is 43.9 Å². The quantitative estimate of drug-likeness (QED) is 0.530.